The number of nitrogens with two attached hydrogens (primary N) is 1. The van der Waals surface area contributed by atoms with E-state index in [2.05, 4.69) is 20.0 Å². The van der Waals surface area contributed by atoms with Crippen LogP contribution in [0.15, 0.2) is 78.3 Å². The SMILES string of the molecule is NC=CC(=NC1CCCCO1)c1ncc(C(=O)Nc2ccc(OC(F)(F)Cl)cc2)cc1-c1cccnc1. The summed E-state index contributed by atoms with van der Waals surface area (Å²) in [6.07, 6.45) is 10.2. The molecular weight excluding hydrogens is 504 g/mol. The van der Waals surface area contributed by atoms with Crippen LogP contribution in [0.4, 0.5) is 14.5 Å². The number of nitrogens with one attached hydrogen (secondary N) is 1. The van der Waals surface area contributed by atoms with Crippen LogP contribution in [-0.4, -0.2) is 40.0 Å². The first-order valence-corrected chi connectivity index (χ1v) is 11.9. The summed E-state index contributed by atoms with van der Waals surface area (Å²) in [7, 11) is 0. The third kappa shape index (κ3) is 7.31. The van der Waals surface area contributed by atoms with Gasteiger partial charge < -0.3 is 20.5 Å². The van der Waals surface area contributed by atoms with E-state index in [1.807, 2.05) is 6.07 Å². The van der Waals surface area contributed by atoms with Crippen LogP contribution in [-0.2, 0) is 4.74 Å². The summed E-state index contributed by atoms with van der Waals surface area (Å²) >= 11 is 4.78. The van der Waals surface area contributed by atoms with E-state index >= 15 is 0 Å². The maximum absolute atomic E-state index is 13.0. The number of amides is 1. The molecule has 1 fully saturated rings. The van der Waals surface area contributed by atoms with E-state index < -0.39 is 11.5 Å². The van der Waals surface area contributed by atoms with Crippen LogP contribution in [0.1, 0.15) is 35.3 Å². The van der Waals surface area contributed by atoms with Crippen molar-refractivity contribution in [3.63, 3.8) is 0 Å². The van der Waals surface area contributed by atoms with Crippen LogP contribution in [0.2, 0.25) is 0 Å². The Kier molecular flexibility index (Phi) is 8.42. The van der Waals surface area contributed by atoms with Crippen molar-refractivity contribution in [2.45, 2.75) is 31.1 Å². The highest BCUT2D eigenvalue weighted by molar-refractivity contribution is 6.20. The predicted octanol–water partition coefficient (Wildman–Crippen LogP) is 5.35. The molecule has 4 rings (SSSR count). The van der Waals surface area contributed by atoms with Crippen molar-refractivity contribution in [1.82, 2.24) is 9.97 Å². The Morgan fingerprint density at radius 1 is 1.24 bits per heavy atom. The average molecular weight is 528 g/mol. The number of ether oxygens (including phenoxy) is 2. The molecule has 1 aromatic carbocycles. The second kappa shape index (κ2) is 11.9. The molecule has 0 bridgehead atoms. The second-order valence-electron chi connectivity index (χ2n) is 8.08. The van der Waals surface area contributed by atoms with Gasteiger partial charge in [-0.25, -0.2) is 0 Å². The predicted molar refractivity (Wildman–Crippen MR) is 137 cm³/mol. The third-order valence-electron chi connectivity index (χ3n) is 5.40. The van der Waals surface area contributed by atoms with Gasteiger partial charge in [-0.3, -0.25) is 19.8 Å². The van der Waals surface area contributed by atoms with Crippen molar-refractivity contribution >= 4 is 28.9 Å². The molecule has 0 radical (unpaired) electrons. The summed E-state index contributed by atoms with van der Waals surface area (Å²) in [5, 5.41) is 2.71. The molecule has 3 heterocycles. The molecule has 1 atom stereocenters. The molecule has 1 amide bonds. The molecule has 0 saturated carbocycles. The zero-order chi connectivity index (χ0) is 26.3. The van der Waals surface area contributed by atoms with Crippen LogP contribution < -0.4 is 15.8 Å². The van der Waals surface area contributed by atoms with E-state index in [-0.39, 0.29) is 17.5 Å². The van der Waals surface area contributed by atoms with Crippen LogP contribution in [0.5, 0.6) is 5.75 Å². The minimum Gasteiger partial charge on any atom is -0.420 e. The van der Waals surface area contributed by atoms with Crippen molar-refractivity contribution in [3.8, 4) is 16.9 Å². The lowest BCUT2D eigenvalue weighted by Crippen LogP contribution is -2.20. The molecule has 0 spiro atoms. The molecular formula is C26H24ClF2N5O3. The standard InChI is InChI=1S/C26H24ClF2N5O3/c27-26(28,29)37-20-8-6-19(7-9-20)33-25(35)18-14-21(17-4-3-12-31-15-17)24(32-16-18)22(10-11-30)34-23-5-1-2-13-36-23/h3-4,6-12,14-16,23H,1-2,5,13,30H2,(H,33,35). The molecule has 2 aromatic heterocycles. The molecule has 3 N–H and O–H groups in total. The minimum atomic E-state index is -3.83. The number of benzene rings is 1. The van der Waals surface area contributed by atoms with Gasteiger partial charge in [-0.2, -0.15) is 0 Å². The summed E-state index contributed by atoms with van der Waals surface area (Å²) in [5.74, 6) is -0.603. The fourth-order valence-corrected chi connectivity index (χ4v) is 3.82. The lowest BCUT2D eigenvalue weighted by atomic mass is 10.00. The Bertz CT molecular complexity index is 1280. The second-order valence-corrected chi connectivity index (χ2v) is 8.52. The number of anilines is 1. The number of allylic oxidation sites excluding steroid dienone is 1. The summed E-state index contributed by atoms with van der Waals surface area (Å²) in [5.41, 5.74) is 4.90. The number of aliphatic imine (C=N–C) groups is 1. The van der Waals surface area contributed by atoms with Gasteiger partial charge in [-0.05, 0) is 67.9 Å². The molecule has 11 heteroatoms. The van der Waals surface area contributed by atoms with E-state index in [9.17, 15) is 13.6 Å². The van der Waals surface area contributed by atoms with Gasteiger partial charge in [0.05, 0.1) is 17.0 Å². The number of hydrogen-bond acceptors (Lipinski definition) is 7. The van der Waals surface area contributed by atoms with E-state index in [1.165, 1.54) is 36.7 Å². The zero-order valence-corrected chi connectivity index (χ0v) is 20.4. The van der Waals surface area contributed by atoms with Gasteiger partial charge in [-0.1, -0.05) is 6.07 Å². The first-order valence-electron chi connectivity index (χ1n) is 11.5. The van der Waals surface area contributed by atoms with E-state index in [0.717, 1.165) is 24.8 Å². The molecule has 0 aliphatic carbocycles. The lowest BCUT2D eigenvalue weighted by molar-refractivity contribution is -0.0964. The fraction of sp³-hybridized carbons (Fsp3) is 0.231. The van der Waals surface area contributed by atoms with E-state index in [0.29, 0.717) is 29.3 Å². The highest BCUT2D eigenvalue weighted by atomic mass is 35.5. The number of pyridine rings is 2. The van der Waals surface area contributed by atoms with Crippen LogP contribution in [0, 0.1) is 0 Å². The van der Waals surface area contributed by atoms with Crippen molar-refractivity contribution in [1.29, 1.82) is 0 Å². The molecule has 37 heavy (non-hydrogen) atoms. The topological polar surface area (TPSA) is 112 Å². The van der Waals surface area contributed by atoms with Crippen molar-refractivity contribution < 1.29 is 23.0 Å². The van der Waals surface area contributed by atoms with Crippen LogP contribution in [0.25, 0.3) is 11.1 Å². The quantitative estimate of drug-likeness (QED) is 0.301. The highest BCUT2D eigenvalue weighted by Crippen LogP contribution is 2.28. The number of nitrogens with zero attached hydrogens (tertiary/aromatic N) is 3. The minimum absolute atomic E-state index is 0.149. The van der Waals surface area contributed by atoms with Gasteiger partial charge in [0.25, 0.3) is 5.91 Å². The number of rotatable bonds is 8. The van der Waals surface area contributed by atoms with Gasteiger partial charge in [0.15, 0.2) is 0 Å². The third-order valence-corrected chi connectivity index (χ3v) is 5.48. The lowest BCUT2D eigenvalue weighted by Gasteiger charge is -2.20. The molecule has 8 nitrogen and oxygen atoms in total. The van der Waals surface area contributed by atoms with Crippen molar-refractivity contribution in [3.05, 3.63) is 84.6 Å². The number of halogens is 3. The smallest absolute Gasteiger partial charge is 0.420 e. The van der Waals surface area contributed by atoms with Crippen LogP contribution in [0.3, 0.4) is 0 Å². The average Bonchev–Trinajstić information content (AvgIpc) is 2.89. The Labute approximate surface area is 217 Å². The normalized spacial score (nSPS) is 16.5. The number of carbonyl (C=O) groups is 1. The first kappa shape index (κ1) is 26.2. The highest BCUT2D eigenvalue weighted by Gasteiger charge is 2.27. The monoisotopic (exact) mass is 527 g/mol. The van der Waals surface area contributed by atoms with E-state index in [4.69, 9.17) is 27.1 Å². The summed E-state index contributed by atoms with van der Waals surface area (Å²) < 4.78 is 35.7. The maximum Gasteiger partial charge on any atom is 0.487 e. The number of carbonyl (C=O) groups excluding carboxylic acids is 1. The maximum atomic E-state index is 13.0. The van der Waals surface area contributed by atoms with E-state index in [1.54, 1.807) is 30.6 Å². The van der Waals surface area contributed by atoms with Gasteiger partial charge in [0.2, 0.25) is 0 Å². The summed E-state index contributed by atoms with van der Waals surface area (Å²) in [6.45, 7) is 0.636. The molecule has 1 unspecified atom stereocenters. The zero-order valence-electron chi connectivity index (χ0n) is 19.6. The van der Waals surface area contributed by atoms with Gasteiger partial charge in [-0.15, -0.1) is 8.78 Å². The first-order chi connectivity index (χ1) is 17.8. The van der Waals surface area contributed by atoms with Crippen molar-refractivity contribution in [2.75, 3.05) is 11.9 Å². The molecule has 3 aromatic rings. The van der Waals surface area contributed by atoms with Gasteiger partial charge in [0, 0.05) is 53.6 Å². The largest absolute Gasteiger partial charge is 0.487 e. The van der Waals surface area contributed by atoms with Crippen LogP contribution >= 0.6 is 11.6 Å². The van der Waals surface area contributed by atoms with Gasteiger partial charge >= 0.3 is 5.57 Å². The summed E-state index contributed by atoms with van der Waals surface area (Å²) in [4.78, 5) is 26.5. The Morgan fingerprint density at radius 3 is 2.70 bits per heavy atom. The number of hydrogen-bond donors (Lipinski definition) is 2. The molecule has 192 valence electrons. The Hall–Kier alpha value is -3.89. The number of aromatic nitrogens is 2. The van der Waals surface area contributed by atoms with Crippen molar-refractivity contribution in [2.24, 2.45) is 10.7 Å². The Balaban J connectivity index is 1.64. The molecule has 1 aliphatic rings. The van der Waals surface area contributed by atoms with Gasteiger partial charge in [0.1, 0.15) is 12.0 Å². The molecule has 1 aliphatic heterocycles. The molecule has 1 saturated heterocycles. The number of alkyl halides is 3. The summed E-state index contributed by atoms with van der Waals surface area (Å²) in [6, 6.07) is 10.7. The fourth-order valence-electron chi connectivity index (χ4n) is 3.73. The Morgan fingerprint density at radius 2 is 2.05 bits per heavy atom.